The van der Waals surface area contributed by atoms with Crippen LogP contribution in [0.2, 0.25) is 0 Å². The zero-order valence-electron chi connectivity index (χ0n) is 26.6. The van der Waals surface area contributed by atoms with E-state index >= 15 is 0 Å². The van der Waals surface area contributed by atoms with E-state index in [0.29, 0.717) is 47.9 Å². The van der Waals surface area contributed by atoms with E-state index in [0.717, 1.165) is 62.9 Å². The normalized spacial score (nSPS) is 16.5. The maximum Gasteiger partial charge on any atom is 0.338 e. The predicted octanol–water partition coefficient (Wildman–Crippen LogP) is 7.50. The molecule has 9 heteroatoms. The molecule has 0 amide bonds. The van der Waals surface area contributed by atoms with E-state index in [2.05, 4.69) is 50.7 Å². The molecule has 2 aliphatic rings. The molecule has 8 bridgehead atoms. The number of aromatic amines is 2. The Hall–Kier alpha value is -4.24. The fraction of sp³-hybridized carbons (Fsp3) is 0.429. The number of nitrogens with one attached hydrogen (secondary N) is 2. The SMILES string of the molecule is CCCOCc1c(C)c2cc3nc(c(C)c4nc(cc5[nH]c(cc1[nH]2)c(C)c5CC)C(C)=C4C(=O)O)[C@@H](CCC(=O)O)[C@@H]3C. The number of H-pyrrole nitrogens is 2. The third-order valence-corrected chi connectivity index (χ3v) is 9.23. The second-order valence-electron chi connectivity index (χ2n) is 12.0. The van der Waals surface area contributed by atoms with E-state index < -0.39 is 11.9 Å². The van der Waals surface area contributed by atoms with Crippen molar-refractivity contribution in [1.29, 1.82) is 0 Å². The number of hydrogen-bond acceptors (Lipinski definition) is 5. The molecule has 232 valence electrons. The molecule has 0 saturated heterocycles. The minimum atomic E-state index is -1.05. The Labute approximate surface area is 257 Å². The maximum absolute atomic E-state index is 12.6. The molecule has 0 saturated carbocycles. The number of rotatable bonds is 9. The average molecular weight is 599 g/mol. The van der Waals surface area contributed by atoms with E-state index in [-0.39, 0.29) is 23.8 Å². The van der Waals surface area contributed by atoms with Crippen molar-refractivity contribution in [2.75, 3.05) is 6.61 Å². The van der Waals surface area contributed by atoms with Crippen molar-refractivity contribution in [1.82, 2.24) is 19.9 Å². The fourth-order valence-electron chi connectivity index (χ4n) is 6.60. The van der Waals surface area contributed by atoms with Gasteiger partial charge in [-0.2, -0.15) is 0 Å². The highest BCUT2D eigenvalue weighted by Gasteiger charge is 2.33. The van der Waals surface area contributed by atoms with Crippen molar-refractivity contribution in [3.8, 4) is 0 Å². The zero-order chi connectivity index (χ0) is 31.9. The molecule has 2 aliphatic heterocycles. The van der Waals surface area contributed by atoms with Crippen LogP contribution >= 0.6 is 0 Å². The standard InChI is InChI=1S/C35H42N4O5/c1-8-12-44-16-24-19(5)25-13-27-18(4)23(10-11-31(40)41)33(38-27)21(7)34-32(35(42)43)20(6)28(39-34)15-29-22(9-2)17(3)26(36-29)14-30(24)37-25/h13-15,18,23,36-37H,8-12,16H2,1-7H3,(H,40,41)(H,42,43)/t18-,23-/m0/s1. The van der Waals surface area contributed by atoms with E-state index in [1.807, 2.05) is 19.1 Å². The van der Waals surface area contributed by atoms with E-state index in [9.17, 15) is 19.8 Å². The molecule has 0 radical (unpaired) electrons. The van der Waals surface area contributed by atoms with E-state index in [4.69, 9.17) is 14.7 Å². The van der Waals surface area contributed by atoms with Crippen LogP contribution in [0.1, 0.15) is 109 Å². The number of carbonyl (C=O) groups is 2. The van der Waals surface area contributed by atoms with Crippen LogP contribution < -0.4 is 0 Å². The van der Waals surface area contributed by atoms with Gasteiger partial charge in [0.15, 0.2) is 0 Å². The van der Waals surface area contributed by atoms with Crippen molar-refractivity contribution in [3.05, 3.63) is 68.8 Å². The van der Waals surface area contributed by atoms with Crippen molar-refractivity contribution < 1.29 is 24.5 Å². The van der Waals surface area contributed by atoms with Crippen LogP contribution in [0.4, 0.5) is 0 Å². The van der Waals surface area contributed by atoms with Gasteiger partial charge in [-0.3, -0.25) is 9.78 Å². The third-order valence-electron chi connectivity index (χ3n) is 9.23. The highest BCUT2D eigenvalue weighted by atomic mass is 16.5. The van der Waals surface area contributed by atoms with Crippen LogP contribution in [-0.4, -0.2) is 48.7 Å². The molecule has 2 atom stereocenters. The summed E-state index contributed by atoms with van der Waals surface area (Å²) in [5, 5.41) is 19.8. The Morgan fingerprint density at radius 2 is 1.55 bits per heavy atom. The third kappa shape index (κ3) is 5.56. The van der Waals surface area contributed by atoms with Crippen LogP contribution in [0.5, 0.6) is 0 Å². The number of aryl methyl sites for hydroxylation is 3. The van der Waals surface area contributed by atoms with Crippen molar-refractivity contribution in [3.63, 3.8) is 0 Å². The van der Waals surface area contributed by atoms with Gasteiger partial charge in [0.1, 0.15) is 0 Å². The second kappa shape index (κ2) is 12.4. The summed E-state index contributed by atoms with van der Waals surface area (Å²) in [7, 11) is 0. The van der Waals surface area contributed by atoms with Gasteiger partial charge in [-0.15, -0.1) is 0 Å². The second-order valence-corrected chi connectivity index (χ2v) is 12.0. The minimum absolute atomic E-state index is 0.0134. The first-order valence-electron chi connectivity index (χ1n) is 15.4. The number of fused-ring (bicyclic) bond motifs is 8. The molecule has 0 aromatic carbocycles. The van der Waals surface area contributed by atoms with Crippen molar-refractivity contribution in [2.24, 2.45) is 0 Å². The van der Waals surface area contributed by atoms with Crippen LogP contribution in [0.3, 0.4) is 0 Å². The molecule has 5 heterocycles. The highest BCUT2D eigenvalue weighted by Crippen LogP contribution is 2.43. The Kier molecular flexibility index (Phi) is 8.79. The Bertz CT molecular complexity index is 1850. The summed E-state index contributed by atoms with van der Waals surface area (Å²) >= 11 is 0. The number of nitrogens with zero attached hydrogens (tertiary/aromatic N) is 2. The number of allylic oxidation sites excluding steroid dienone is 1. The van der Waals surface area contributed by atoms with Gasteiger partial charge < -0.3 is 24.9 Å². The first kappa shape index (κ1) is 31.2. The van der Waals surface area contributed by atoms with Gasteiger partial charge in [-0.25, -0.2) is 9.78 Å². The van der Waals surface area contributed by atoms with Gasteiger partial charge in [-0.1, -0.05) is 20.8 Å². The summed E-state index contributed by atoms with van der Waals surface area (Å²) in [5.74, 6) is -2.21. The largest absolute Gasteiger partial charge is 0.481 e. The molecular weight excluding hydrogens is 556 g/mol. The number of aliphatic carboxylic acids is 2. The number of aromatic nitrogens is 4. The van der Waals surface area contributed by atoms with Gasteiger partial charge in [0.05, 0.1) is 23.6 Å². The topological polar surface area (TPSA) is 141 Å². The summed E-state index contributed by atoms with van der Waals surface area (Å²) in [6.07, 6.45) is 2.09. The summed E-state index contributed by atoms with van der Waals surface area (Å²) < 4.78 is 6.02. The van der Waals surface area contributed by atoms with Crippen LogP contribution in [-0.2, 0) is 27.4 Å². The lowest BCUT2D eigenvalue weighted by Crippen LogP contribution is -2.08. The fourth-order valence-corrected chi connectivity index (χ4v) is 6.60. The number of carboxylic acid groups (broad SMARTS) is 2. The van der Waals surface area contributed by atoms with E-state index in [1.165, 1.54) is 0 Å². The van der Waals surface area contributed by atoms with Crippen molar-refractivity contribution >= 4 is 45.2 Å². The van der Waals surface area contributed by atoms with Crippen molar-refractivity contribution in [2.45, 2.75) is 92.6 Å². The summed E-state index contributed by atoms with van der Waals surface area (Å²) in [4.78, 5) is 41.4. The molecule has 3 aromatic heterocycles. The van der Waals surface area contributed by atoms with Crippen LogP contribution in [0.15, 0.2) is 18.2 Å². The molecule has 4 N–H and O–H groups in total. The van der Waals surface area contributed by atoms with Crippen LogP contribution in [0, 0.1) is 20.8 Å². The maximum atomic E-state index is 12.6. The molecule has 0 unspecified atom stereocenters. The summed E-state index contributed by atoms with van der Waals surface area (Å²) in [6, 6.07) is 6.11. The number of hydrogen-bond donors (Lipinski definition) is 4. The molecule has 0 spiro atoms. The van der Waals surface area contributed by atoms with E-state index in [1.54, 1.807) is 6.92 Å². The summed E-state index contributed by atoms with van der Waals surface area (Å²) in [6.45, 7) is 15.2. The predicted molar refractivity (Wildman–Crippen MR) is 173 cm³/mol. The first-order valence-corrected chi connectivity index (χ1v) is 15.4. The first-order chi connectivity index (χ1) is 21.0. The lowest BCUT2D eigenvalue weighted by Gasteiger charge is -2.16. The Morgan fingerprint density at radius 3 is 2.18 bits per heavy atom. The molecular formula is C35H42N4O5. The monoisotopic (exact) mass is 598 g/mol. The minimum Gasteiger partial charge on any atom is -0.481 e. The molecule has 0 aliphatic carbocycles. The van der Waals surface area contributed by atoms with Crippen LogP contribution in [0.25, 0.3) is 33.2 Å². The molecule has 9 nitrogen and oxygen atoms in total. The zero-order valence-corrected chi connectivity index (χ0v) is 26.6. The van der Waals surface area contributed by atoms with Gasteiger partial charge in [0.25, 0.3) is 0 Å². The summed E-state index contributed by atoms with van der Waals surface area (Å²) in [5.41, 5.74) is 12.0. The Balaban J connectivity index is 1.94. The molecule has 5 rings (SSSR count). The van der Waals surface area contributed by atoms with Gasteiger partial charge in [0.2, 0.25) is 0 Å². The van der Waals surface area contributed by atoms with Gasteiger partial charge in [0, 0.05) is 63.9 Å². The average Bonchev–Trinajstić information content (AvgIpc) is 3.65. The lowest BCUT2D eigenvalue weighted by molar-refractivity contribution is -0.137. The smallest absolute Gasteiger partial charge is 0.338 e. The molecule has 0 fully saturated rings. The number of carboxylic acids is 2. The molecule has 44 heavy (non-hydrogen) atoms. The van der Waals surface area contributed by atoms with Gasteiger partial charge in [-0.05, 0) is 93.0 Å². The lowest BCUT2D eigenvalue weighted by atomic mass is 9.85. The highest BCUT2D eigenvalue weighted by molar-refractivity contribution is 6.24. The van der Waals surface area contributed by atoms with Gasteiger partial charge >= 0.3 is 11.9 Å². The quantitative estimate of drug-likeness (QED) is 0.187. The number of ether oxygens (including phenoxy) is 1. The molecule has 3 aromatic rings. The Morgan fingerprint density at radius 1 is 0.886 bits per heavy atom.